The van der Waals surface area contributed by atoms with Gasteiger partial charge in [-0.1, -0.05) is 73.4 Å². The number of carbonyl (C=O) groups is 1. The molecule has 0 saturated heterocycles. The summed E-state index contributed by atoms with van der Waals surface area (Å²) in [5, 5.41) is 16.2. The fourth-order valence-electron chi connectivity index (χ4n) is 2.51. The highest BCUT2D eigenvalue weighted by atomic mass is 35.5. The van der Waals surface area contributed by atoms with Crippen LogP contribution < -0.4 is 5.32 Å². The zero-order chi connectivity index (χ0) is 20.5. The van der Waals surface area contributed by atoms with Crippen molar-refractivity contribution in [2.45, 2.75) is 32.7 Å². The number of nitrogens with zero attached hydrogens (tertiary/aromatic N) is 2. The van der Waals surface area contributed by atoms with Gasteiger partial charge in [0.25, 0.3) is 0 Å². The number of hydrogen-bond acceptors (Lipinski definition) is 5. The molecule has 2 N–H and O–H groups in total. The van der Waals surface area contributed by atoms with Crippen LogP contribution in [0.15, 0.2) is 40.9 Å². The maximum atomic E-state index is 12.3. The highest BCUT2D eigenvalue weighted by Gasteiger charge is 2.18. The molecule has 3 aromatic rings. The summed E-state index contributed by atoms with van der Waals surface area (Å²) < 4.78 is 5.02. The molecule has 0 aliphatic rings. The van der Waals surface area contributed by atoms with E-state index in [1.807, 2.05) is 24.3 Å². The summed E-state index contributed by atoms with van der Waals surface area (Å²) in [4.78, 5) is 16.3. The van der Waals surface area contributed by atoms with E-state index < -0.39 is 5.91 Å². The van der Waals surface area contributed by atoms with Crippen LogP contribution in [-0.4, -0.2) is 21.2 Å². The van der Waals surface area contributed by atoms with E-state index in [0.29, 0.717) is 12.1 Å². The first-order chi connectivity index (χ1) is 13.1. The third-order valence-electron chi connectivity index (χ3n) is 4.17. The van der Waals surface area contributed by atoms with Gasteiger partial charge in [-0.05, 0) is 28.7 Å². The van der Waals surface area contributed by atoms with Crippen LogP contribution in [-0.2, 0) is 12.0 Å². The minimum absolute atomic E-state index is 0.0528. The molecular formula is C20H19Cl2N3O3. The molecule has 0 atom stereocenters. The Balaban J connectivity index is 1.68. The van der Waals surface area contributed by atoms with Crippen LogP contribution in [0, 0.1) is 0 Å². The van der Waals surface area contributed by atoms with Gasteiger partial charge < -0.3 is 14.9 Å². The summed E-state index contributed by atoms with van der Waals surface area (Å²) >= 11 is 11.8. The second-order valence-corrected chi connectivity index (χ2v) is 8.16. The Labute approximate surface area is 172 Å². The van der Waals surface area contributed by atoms with Gasteiger partial charge in [-0.15, -0.1) is 0 Å². The minimum atomic E-state index is -0.491. The zero-order valence-electron chi connectivity index (χ0n) is 15.6. The normalized spacial score (nSPS) is 11.5. The van der Waals surface area contributed by atoms with Gasteiger partial charge in [-0.2, -0.15) is 4.98 Å². The third-order valence-corrected chi connectivity index (χ3v) is 4.74. The number of carbonyl (C=O) groups excluding carboxylic acids is 1. The summed E-state index contributed by atoms with van der Waals surface area (Å²) in [6, 6.07) is 10.9. The number of nitrogens with one attached hydrogen (secondary N) is 1. The molecule has 1 amide bonds. The van der Waals surface area contributed by atoms with E-state index in [1.54, 1.807) is 0 Å². The predicted octanol–water partition coefficient (Wildman–Crippen LogP) is 4.98. The van der Waals surface area contributed by atoms with Gasteiger partial charge in [0.1, 0.15) is 0 Å². The van der Waals surface area contributed by atoms with Crippen LogP contribution in [0.25, 0.3) is 11.4 Å². The number of rotatable bonds is 4. The van der Waals surface area contributed by atoms with Gasteiger partial charge in [0, 0.05) is 12.1 Å². The molecule has 0 aliphatic carbocycles. The average molecular weight is 420 g/mol. The standard InChI is InChI=1S/C20H19Cl2N3O3/c1-20(2,3)13-6-4-11(5-7-13)10-23-18(27)19-24-17(25-28-19)12-8-14(21)16(26)15(22)9-12/h4-9,26H,10H2,1-3H3,(H,23,27). The van der Waals surface area contributed by atoms with Crippen molar-refractivity contribution in [3.63, 3.8) is 0 Å². The first-order valence-corrected chi connectivity index (χ1v) is 9.30. The quantitative estimate of drug-likeness (QED) is 0.622. The van der Waals surface area contributed by atoms with Crippen molar-refractivity contribution in [2.75, 3.05) is 0 Å². The summed E-state index contributed by atoms with van der Waals surface area (Å²) in [7, 11) is 0. The molecule has 1 aromatic heterocycles. The summed E-state index contributed by atoms with van der Waals surface area (Å²) in [6.07, 6.45) is 0. The Morgan fingerprint density at radius 3 is 2.32 bits per heavy atom. The topological polar surface area (TPSA) is 88.2 Å². The largest absolute Gasteiger partial charge is 0.505 e. The second kappa shape index (κ2) is 7.81. The number of hydrogen-bond donors (Lipinski definition) is 2. The van der Waals surface area contributed by atoms with E-state index >= 15 is 0 Å². The number of benzene rings is 2. The number of phenolic OH excluding ortho intramolecular Hbond substituents is 1. The van der Waals surface area contributed by atoms with Crippen molar-refractivity contribution in [3.05, 3.63) is 63.5 Å². The van der Waals surface area contributed by atoms with Crippen LogP contribution >= 0.6 is 23.2 Å². The lowest BCUT2D eigenvalue weighted by Crippen LogP contribution is -2.23. The molecule has 0 bridgehead atoms. The molecule has 0 aliphatic heterocycles. The molecule has 1 heterocycles. The monoisotopic (exact) mass is 419 g/mol. The second-order valence-electron chi connectivity index (χ2n) is 7.34. The Kier molecular flexibility index (Phi) is 5.63. The van der Waals surface area contributed by atoms with Crippen molar-refractivity contribution in [1.29, 1.82) is 0 Å². The van der Waals surface area contributed by atoms with E-state index in [1.165, 1.54) is 17.7 Å². The van der Waals surface area contributed by atoms with Gasteiger partial charge in [0.05, 0.1) is 10.0 Å². The highest BCUT2D eigenvalue weighted by Crippen LogP contribution is 2.35. The average Bonchev–Trinajstić information content (AvgIpc) is 3.13. The van der Waals surface area contributed by atoms with Crippen molar-refractivity contribution >= 4 is 29.1 Å². The first-order valence-electron chi connectivity index (χ1n) is 8.55. The molecular weight excluding hydrogens is 401 g/mol. The van der Waals surface area contributed by atoms with E-state index in [2.05, 4.69) is 36.2 Å². The molecule has 6 nitrogen and oxygen atoms in total. The fraction of sp³-hybridized carbons (Fsp3) is 0.250. The lowest BCUT2D eigenvalue weighted by atomic mass is 9.87. The summed E-state index contributed by atoms with van der Waals surface area (Å²) in [6.45, 7) is 6.76. The molecule has 8 heteroatoms. The maximum Gasteiger partial charge on any atom is 0.316 e. The Bertz CT molecular complexity index is 985. The summed E-state index contributed by atoms with van der Waals surface area (Å²) in [5.41, 5.74) is 2.67. The van der Waals surface area contributed by atoms with Crippen molar-refractivity contribution in [1.82, 2.24) is 15.5 Å². The Hall–Kier alpha value is -2.57. The number of halogens is 2. The third kappa shape index (κ3) is 4.46. The molecule has 0 spiro atoms. The Morgan fingerprint density at radius 2 is 1.75 bits per heavy atom. The minimum Gasteiger partial charge on any atom is -0.505 e. The fourth-order valence-corrected chi connectivity index (χ4v) is 3.00. The molecule has 0 unspecified atom stereocenters. The number of aromatic nitrogens is 2. The molecule has 3 rings (SSSR count). The summed E-state index contributed by atoms with van der Waals surface area (Å²) in [5.74, 6) is -0.759. The van der Waals surface area contributed by atoms with E-state index in [-0.39, 0.29) is 32.9 Å². The SMILES string of the molecule is CC(C)(C)c1ccc(CNC(=O)c2nc(-c3cc(Cl)c(O)c(Cl)c3)no2)cc1. The molecule has 28 heavy (non-hydrogen) atoms. The van der Waals surface area contributed by atoms with Gasteiger partial charge >= 0.3 is 11.8 Å². The number of amides is 1. The van der Waals surface area contributed by atoms with Crippen LogP contribution in [0.2, 0.25) is 10.0 Å². The van der Waals surface area contributed by atoms with E-state index in [0.717, 1.165) is 5.56 Å². The van der Waals surface area contributed by atoms with Crippen LogP contribution in [0.5, 0.6) is 5.75 Å². The van der Waals surface area contributed by atoms with E-state index in [9.17, 15) is 9.90 Å². The molecule has 0 saturated carbocycles. The van der Waals surface area contributed by atoms with Crippen LogP contribution in [0.3, 0.4) is 0 Å². The molecule has 2 aromatic carbocycles. The molecule has 0 radical (unpaired) electrons. The Morgan fingerprint density at radius 1 is 1.14 bits per heavy atom. The van der Waals surface area contributed by atoms with Gasteiger partial charge in [0.15, 0.2) is 5.75 Å². The highest BCUT2D eigenvalue weighted by molar-refractivity contribution is 6.37. The van der Waals surface area contributed by atoms with Crippen molar-refractivity contribution in [3.8, 4) is 17.1 Å². The predicted molar refractivity (Wildman–Crippen MR) is 108 cm³/mol. The first kappa shape index (κ1) is 20.2. The number of aromatic hydroxyl groups is 1. The van der Waals surface area contributed by atoms with Gasteiger partial charge in [-0.25, -0.2) is 0 Å². The lowest BCUT2D eigenvalue weighted by Gasteiger charge is -2.19. The van der Waals surface area contributed by atoms with E-state index in [4.69, 9.17) is 27.7 Å². The zero-order valence-corrected chi connectivity index (χ0v) is 17.1. The van der Waals surface area contributed by atoms with Crippen LogP contribution in [0.4, 0.5) is 0 Å². The maximum absolute atomic E-state index is 12.3. The van der Waals surface area contributed by atoms with Gasteiger partial charge in [0.2, 0.25) is 5.82 Å². The van der Waals surface area contributed by atoms with Gasteiger partial charge in [-0.3, -0.25) is 4.79 Å². The van der Waals surface area contributed by atoms with Crippen molar-refractivity contribution in [2.24, 2.45) is 0 Å². The number of phenols is 1. The molecule has 146 valence electrons. The smallest absolute Gasteiger partial charge is 0.316 e. The molecule has 0 fully saturated rings. The van der Waals surface area contributed by atoms with Crippen LogP contribution in [0.1, 0.15) is 42.6 Å². The lowest BCUT2D eigenvalue weighted by molar-refractivity contribution is 0.0907. The van der Waals surface area contributed by atoms with Crippen molar-refractivity contribution < 1.29 is 14.4 Å².